The summed E-state index contributed by atoms with van der Waals surface area (Å²) in [5, 5.41) is 8.06. The zero-order chi connectivity index (χ0) is 21.6. The second-order valence-electron chi connectivity index (χ2n) is 8.88. The number of aromatic nitrogens is 3. The highest BCUT2D eigenvalue weighted by Crippen LogP contribution is 2.29. The van der Waals surface area contributed by atoms with Gasteiger partial charge >= 0.3 is 6.09 Å². The van der Waals surface area contributed by atoms with E-state index in [-0.39, 0.29) is 12.0 Å². The molecule has 4 heterocycles. The monoisotopic (exact) mass is 432 g/mol. The molecule has 2 aromatic heterocycles. The maximum absolute atomic E-state index is 13.1. The highest BCUT2D eigenvalue weighted by molar-refractivity contribution is 7.15. The van der Waals surface area contributed by atoms with E-state index in [1.807, 2.05) is 20.8 Å². The predicted octanol–water partition coefficient (Wildman–Crippen LogP) is 2.41. The molecule has 0 radical (unpaired) electrons. The van der Waals surface area contributed by atoms with E-state index in [9.17, 15) is 9.59 Å². The Morgan fingerprint density at radius 3 is 2.57 bits per heavy atom. The van der Waals surface area contributed by atoms with E-state index < -0.39 is 5.60 Å². The third-order valence-electron chi connectivity index (χ3n) is 5.21. The first kappa shape index (κ1) is 20.8. The Kier molecular flexibility index (Phi) is 5.31. The average molecular weight is 433 g/mol. The van der Waals surface area contributed by atoms with Crippen molar-refractivity contribution in [2.75, 3.05) is 25.5 Å². The van der Waals surface area contributed by atoms with E-state index >= 15 is 0 Å². The lowest BCUT2D eigenvalue weighted by Crippen LogP contribution is -2.40. The molecule has 2 aromatic rings. The predicted molar refractivity (Wildman–Crippen MR) is 114 cm³/mol. The van der Waals surface area contributed by atoms with Gasteiger partial charge in [0, 0.05) is 50.0 Å². The molecule has 2 aliphatic heterocycles. The lowest BCUT2D eigenvalue weighted by molar-refractivity contribution is 0.0222. The SMILES string of the molecule is CN1CCc2nc(NC(=O)c3c4c(nn3C)CCN(C(=O)OC(C)(C)C)C4)sc2C1. The normalized spacial score (nSPS) is 16.8. The number of hydrogen-bond acceptors (Lipinski definition) is 7. The number of nitrogens with zero attached hydrogens (tertiary/aromatic N) is 5. The van der Waals surface area contributed by atoms with Crippen LogP contribution in [0.4, 0.5) is 9.93 Å². The molecule has 4 rings (SSSR count). The van der Waals surface area contributed by atoms with Crippen molar-refractivity contribution >= 4 is 28.5 Å². The summed E-state index contributed by atoms with van der Waals surface area (Å²) in [4.78, 5) is 35.3. The van der Waals surface area contributed by atoms with E-state index in [0.29, 0.717) is 30.3 Å². The van der Waals surface area contributed by atoms with Gasteiger partial charge in [0.15, 0.2) is 5.13 Å². The molecule has 0 spiro atoms. The Balaban J connectivity index is 1.53. The Hall–Kier alpha value is -2.46. The van der Waals surface area contributed by atoms with Crippen LogP contribution in [0.1, 0.15) is 53.1 Å². The number of likely N-dealkylation sites (N-methyl/N-ethyl adjacent to an activating group) is 1. The second-order valence-corrected chi connectivity index (χ2v) is 9.96. The molecule has 0 aliphatic carbocycles. The van der Waals surface area contributed by atoms with E-state index in [2.05, 4.69) is 27.3 Å². The van der Waals surface area contributed by atoms with Gasteiger partial charge in [-0.1, -0.05) is 0 Å². The number of hydrogen-bond donors (Lipinski definition) is 1. The lowest BCUT2D eigenvalue weighted by Gasteiger charge is -2.29. The number of carbonyl (C=O) groups excluding carboxylic acids is 2. The van der Waals surface area contributed by atoms with Gasteiger partial charge in [-0.2, -0.15) is 5.10 Å². The first-order chi connectivity index (χ1) is 14.1. The summed E-state index contributed by atoms with van der Waals surface area (Å²) in [7, 11) is 3.84. The van der Waals surface area contributed by atoms with Crippen LogP contribution in [0.15, 0.2) is 0 Å². The molecule has 0 saturated heterocycles. The second kappa shape index (κ2) is 7.66. The van der Waals surface area contributed by atoms with Crippen LogP contribution in [0.25, 0.3) is 0 Å². The van der Waals surface area contributed by atoms with Crippen LogP contribution in [0.5, 0.6) is 0 Å². The number of rotatable bonds is 2. The number of amides is 2. The maximum Gasteiger partial charge on any atom is 0.410 e. The molecule has 0 bridgehead atoms. The minimum atomic E-state index is -0.565. The largest absolute Gasteiger partial charge is 0.444 e. The van der Waals surface area contributed by atoms with Crippen molar-refractivity contribution in [2.24, 2.45) is 7.05 Å². The first-order valence-electron chi connectivity index (χ1n) is 10.1. The smallest absolute Gasteiger partial charge is 0.410 e. The standard InChI is InChI=1S/C20H28N6O3S/c1-20(2,3)29-19(28)26-9-7-13-12(10-26)16(25(5)23-13)17(27)22-18-21-14-6-8-24(4)11-15(14)30-18/h6-11H2,1-5H3,(H,21,22,27). The molecule has 1 N–H and O–H groups in total. The van der Waals surface area contributed by atoms with E-state index in [1.165, 1.54) is 16.2 Å². The van der Waals surface area contributed by atoms with Gasteiger partial charge in [-0.25, -0.2) is 9.78 Å². The van der Waals surface area contributed by atoms with E-state index in [1.54, 1.807) is 16.6 Å². The molecule has 0 saturated carbocycles. The summed E-state index contributed by atoms with van der Waals surface area (Å²) >= 11 is 1.52. The van der Waals surface area contributed by atoms with Crippen LogP contribution in [-0.4, -0.2) is 62.3 Å². The van der Waals surface area contributed by atoms with Gasteiger partial charge in [0.05, 0.1) is 17.9 Å². The third-order valence-corrected chi connectivity index (χ3v) is 6.20. The molecule has 2 amide bonds. The summed E-state index contributed by atoms with van der Waals surface area (Å²) in [6.07, 6.45) is 1.11. The molecule has 0 aromatic carbocycles. The molecule has 2 aliphatic rings. The molecule has 9 nitrogen and oxygen atoms in total. The van der Waals surface area contributed by atoms with Crippen molar-refractivity contribution in [1.82, 2.24) is 24.6 Å². The number of aryl methyl sites for hydroxylation is 1. The molecule has 0 fully saturated rings. The van der Waals surface area contributed by atoms with Crippen LogP contribution in [0, 0.1) is 0 Å². The molecule has 0 unspecified atom stereocenters. The van der Waals surface area contributed by atoms with Gasteiger partial charge in [-0.05, 0) is 27.8 Å². The molecule has 162 valence electrons. The highest BCUT2D eigenvalue weighted by Gasteiger charge is 2.32. The fraction of sp³-hybridized carbons (Fsp3) is 0.600. The molecular formula is C20H28N6O3S. The fourth-order valence-electron chi connectivity index (χ4n) is 3.80. The lowest BCUT2D eigenvalue weighted by atomic mass is 10.1. The minimum absolute atomic E-state index is 0.253. The van der Waals surface area contributed by atoms with Gasteiger partial charge in [-0.3, -0.25) is 14.8 Å². The van der Waals surface area contributed by atoms with Crippen LogP contribution in [0.2, 0.25) is 0 Å². The number of fused-ring (bicyclic) bond motifs is 2. The summed E-state index contributed by atoms with van der Waals surface area (Å²) in [5.74, 6) is -0.253. The molecular weight excluding hydrogens is 404 g/mol. The van der Waals surface area contributed by atoms with Crippen LogP contribution < -0.4 is 5.32 Å². The minimum Gasteiger partial charge on any atom is -0.444 e. The highest BCUT2D eigenvalue weighted by atomic mass is 32.1. The quantitative estimate of drug-likeness (QED) is 0.784. The van der Waals surface area contributed by atoms with Crippen molar-refractivity contribution in [2.45, 2.75) is 52.3 Å². The Bertz CT molecular complexity index is 990. The third kappa shape index (κ3) is 4.20. The Labute approximate surface area is 180 Å². The van der Waals surface area contributed by atoms with Crippen LogP contribution >= 0.6 is 11.3 Å². The first-order valence-corrected chi connectivity index (χ1v) is 10.9. The number of anilines is 1. The summed E-state index contributed by atoms with van der Waals surface area (Å²) in [5.41, 5.74) is 2.58. The van der Waals surface area contributed by atoms with Gasteiger partial charge in [0.2, 0.25) is 0 Å². The zero-order valence-electron chi connectivity index (χ0n) is 18.1. The zero-order valence-corrected chi connectivity index (χ0v) is 18.9. The number of nitrogens with one attached hydrogen (secondary N) is 1. The van der Waals surface area contributed by atoms with Crippen molar-refractivity contribution in [3.8, 4) is 0 Å². The van der Waals surface area contributed by atoms with Gasteiger partial charge in [0.1, 0.15) is 11.3 Å². The summed E-state index contributed by atoms with van der Waals surface area (Å²) < 4.78 is 7.09. The fourth-order valence-corrected chi connectivity index (χ4v) is 4.88. The number of carbonyl (C=O) groups is 2. The van der Waals surface area contributed by atoms with Crippen molar-refractivity contribution < 1.29 is 14.3 Å². The number of ether oxygens (including phenoxy) is 1. The average Bonchev–Trinajstić information content (AvgIpc) is 3.18. The molecule has 0 atom stereocenters. The molecule has 30 heavy (non-hydrogen) atoms. The van der Waals surface area contributed by atoms with Gasteiger partial charge in [0.25, 0.3) is 5.91 Å². The summed E-state index contributed by atoms with van der Waals surface area (Å²) in [6.45, 7) is 8.18. The topological polar surface area (TPSA) is 92.6 Å². The van der Waals surface area contributed by atoms with E-state index in [4.69, 9.17) is 4.74 Å². The maximum atomic E-state index is 13.1. The molecule has 10 heteroatoms. The number of thiazole rings is 1. The Morgan fingerprint density at radius 1 is 1.10 bits per heavy atom. The van der Waals surface area contributed by atoms with Crippen molar-refractivity contribution in [3.63, 3.8) is 0 Å². The van der Waals surface area contributed by atoms with Crippen molar-refractivity contribution in [1.29, 1.82) is 0 Å². The summed E-state index contributed by atoms with van der Waals surface area (Å²) in [6, 6.07) is 0. The van der Waals surface area contributed by atoms with Crippen molar-refractivity contribution in [3.05, 3.63) is 27.5 Å². The Morgan fingerprint density at radius 2 is 1.83 bits per heavy atom. The van der Waals surface area contributed by atoms with Crippen LogP contribution in [0.3, 0.4) is 0 Å². The van der Waals surface area contributed by atoms with Gasteiger partial charge < -0.3 is 14.5 Å². The van der Waals surface area contributed by atoms with Gasteiger partial charge in [-0.15, -0.1) is 11.3 Å². The van der Waals surface area contributed by atoms with E-state index in [0.717, 1.165) is 36.5 Å². The van der Waals surface area contributed by atoms with Crippen LogP contribution in [-0.2, 0) is 37.7 Å².